The lowest BCUT2D eigenvalue weighted by Crippen LogP contribution is -2.24. The van der Waals surface area contributed by atoms with Crippen LogP contribution in [0.4, 0.5) is 0 Å². The summed E-state index contributed by atoms with van der Waals surface area (Å²) in [5.41, 5.74) is 1.43. The Balaban J connectivity index is -0.000000328. The van der Waals surface area contributed by atoms with Crippen LogP contribution in [0.25, 0.3) is 0 Å². The molecule has 2 N–H and O–H groups in total. The lowest BCUT2D eigenvalue weighted by atomic mass is 9.88. The van der Waals surface area contributed by atoms with E-state index in [0.717, 1.165) is 24.8 Å². The van der Waals surface area contributed by atoms with Crippen LogP contribution >= 0.6 is 0 Å². The van der Waals surface area contributed by atoms with Crippen LogP contribution in [0.1, 0.15) is 94.9 Å². The minimum Gasteiger partial charge on any atom is -0.479 e. The topological polar surface area (TPSA) is 41.5 Å². The van der Waals surface area contributed by atoms with Gasteiger partial charge in [0.15, 0.2) is 5.88 Å². The van der Waals surface area contributed by atoms with E-state index in [1.165, 1.54) is 24.8 Å². The lowest BCUT2D eigenvalue weighted by Gasteiger charge is -2.28. The Hall–Kier alpha value is -0.700. The summed E-state index contributed by atoms with van der Waals surface area (Å²) in [6.45, 7) is 22.2. The third-order valence-corrected chi connectivity index (χ3v) is 4.71. The molecule has 1 aliphatic heterocycles. The summed E-state index contributed by atoms with van der Waals surface area (Å²) in [4.78, 5) is 0. The van der Waals surface area contributed by atoms with Crippen LogP contribution < -0.4 is 5.32 Å². The summed E-state index contributed by atoms with van der Waals surface area (Å²) in [7, 11) is 1.93. The molecule has 1 aliphatic carbocycles. The fourth-order valence-electron chi connectivity index (χ4n) is 3.34. The van der Waals surface area contributed by atoms with Gasteiger partial charge in [0.2, 0.25) is 0 Å². The van der Waals surface area contributed by atoms with Crippen molar-refractivity contribution in [3.63, 3.8) is 0 Å². The number of ether oxygens (including phenoxy) is 1. The molecule has 1 fully saturated rings. The van der Waals surface area contributed by atoms with Gasteiger partial charge in [0.05, 0.1) is 6.61 Å². The molecule has 0 saturated heterocycles. The van der Waals surface area contributed by atoms with Crippen molar-refractivity contribution in [1.82, 2.24) is 5.32 Å². The van der Waals surface area contributed by atoms with Crippen LogP contribution in [0.2, 0.25) is 0 Å². The highest BCUT2D eigenvalue weighted by molar-refractivity contribution is 5.14. The van der Waals surface area contributed by atoms with Gasteiger partial charge in [-0.1, -0.05) is 82.1 Å². The van der Waals surface area contributed by atoms with Crippen LogP contribution in [0, 0.1) is 23.7 Å². The Labute approximate surface area is 166 Å². The predicted octanol–water partition coefficient (Wildman–Crippen LogP) is 6.62. The molecule has 2 aliphatic rings. The lowest BCUT2D eigenvalue weighted by molar-refractivity contribution is 0.147. The minimum atomic E-state index is 0.404. The second-order valence-electron chi connectivity index (χ2n) is 6.58. The average Bonchev–Trinajstić information content (AvgIpc) is 3.11. The number of nitrogens with one attached hydrogen (secondary N) is 1. The maximum atomic E-state index is 8.74. The molecule has 0 bridgehead atoms. The monoisotopic (exact) mass is 373 g/mol. The first-order valence-corrected chi connectivity index (χ1v) is 11.2. The van der Waals surface area contributed by atoms with Crippen LogP contribution in [0.3, 0.4) is 0 Å². The van der Waals surface area contributed by atoms with Crippen molar-refractivity contribution in [3.05, 3.63) is 11.5 Å². The molecule has 1 saturated carbocycles. The highest BCUT2D eigenvalue weighted by Gasteiger charge is 2.22. The fourth-order valence-corrected chi connectivity index (χ4v) is 3.34. The molecule has 0 radical (unpaired) electrons. The van der Waals surface area contributed by atoms with Crippen molar-refractivity contribution >= 4 is 0 Å². The molecular formula is C23H51NO2. The summed E-state index contributed by atoms with van der Waals surface area (Å²) in [5.74, 6) is 3.66. The first-order chi connectivity index (χ1) is 12.5. The largest absolute Gasteiger partial charge is 0.479 e. The minimum absolute atomic E-state index is 0.404. The van der Waals surface area contributed by atoms with E-state index in [4.69, 9.17) is 9.84 Å². The van der Waals surface area contributed by atoms with E-state index in [-0.39, 0.29) is 0 Å². The number of hydrogen-bond donors (Lipinski definition) is 2. The molecule has 160 valence electrons. The molecule has 0 aromatic heterocycles. The molecule has 1 heterocycles. The average molecular weight is 374 g/mol. The van der Waals surface area contributed by atoms with Crippen molar-refractivity contribution in [3.8, 4) is 0 Å². The van der Waals surface area contributed by atoms with Gasteiger partial charge in [-0.3, -0.25) is 0 Å². The van der Waals surface area contributed by atoms with E-state index in [1.807, 2.05) is 48.6 Å². The molecule has 26 heavy (non-hydrogen) atoms. The molecule has 0 spiro atoms. The summed E-state index contributed by atoms with van der Waals surface area (Å²) < 4.78 is 5.54. The van der Waals surface area contributed by atoms with Gasteiger partial charge in [0.1, 0.15) is 0 Å². The van der Waals surface area contributed by atoms with Gasteiger partial charge in [0, 0.05) is 13.7 Å². The van der Waals surface area contributed by atoms with Crippen LogP contribution in [0.5, 0.6) is 0 Å². The molecule has 3 nitrogen and oxygen atoms in total. The Morgan fingerprint density at radius 2 is 1.54 bits per heavy atom. The molecule has 3 unspecified atom stereocenters. The van der Waals surface area contributed by atoms with Crippen LogP contribution in [-0.2, 0) is 4.74 Å². The third kappa shape index (κ3) is 11.8. The first-order valence-electron chi connectivity index (χ1n) is 11.2. The van der Waals surface area contributed by atoms with Gasteiger partial charge in [0.25, 0.3) is 0 Å². The van der Waals surface area contributed by atoms with Crippen molar-refractivity contribution in [2.24, 2.45) is 23.7 Å². The van der Waals surface area contributed by atoms with Gasteiger partial charge in [-0.15, -0.1) is 0 Å². The maximum Gasteiger partial charge on any atom is 0.186 e. The van der Waals surface area contributed by atoms with Crippen molar-refractivity contribution in [1.29, 1.82) is 0 Å². The number of hydrogen-bond acceptors (Lipinski definition) is 3. The number of aliphatic hydroxyl groups excluding tert-OH is 1. The van der Waals surface area contributed by atoms with Gasteiger partial charge in [-0.2, -0.15) is 0 Å². The second-order valence-corrected chi connectivity index (χ2v) is 6.58. The highest BCUT2D eigenvalue weighted by atomic mass is 16.5. The van der Waals surface area contributed by atoms with Gasteiger partial charge < -0.3 is 15.2 Å². The van der Waals surface area contributed by atoms with Gasteiger partial charge >= 0.3 is 0 Å². The van der Waals surface area contributed by atoms with E-state index in [0.29, 0.717) is 24.4 Å². The highest BCUT2D eigenvalue weighted by Crippen LogP contribution is 2.30. The SMILES string of the molecule is CC.CC.CC.CC1CCCC1CO.CNC1=C(C(C)C)C(C)CCO1. The zero-order valence-electron chi connectivity index (χ0n) is 19.9. The standard InChI is InChI=1S/C10H19NO.C7H14O.3C2H6/c1-7(2)9-8(3)5-6-12-10(9)11-4;1-6-3-2-4-7(6)5-8;3*1-2/h7-8,11H,5-6H2,1-4H3;6-8H,2-5H2,1H3;3*1-2H3. The smallest absolute Gasteiger partial charge is 0.186 e. The zero-order valence-corrected chi connectivity index (χ0v) is 19.9. The Morgan fingerprint density at radius 3 is 1.81 bits per heavy atom. The fraction of sp³-hybridized carbons (Fsp3) is 0.913. The second kappa shape index (κ2) is 20.6. The Morgan fingerprint density at radius 1 is 1.00 bits per heavy atom. The molecule has 0 aromatic rings. The summed E-state index contributed by atoms with van der Waals surface area (Å²) in [6.07, 6.45) is 5.05. The first kappa shape index (κ1) is 30.0. The third-order valence-electron chi connectivity index (χ3n) is 4.71. The summed E-state index contributed by atoms with van der Waals surface area (Å²) in [5, 5.41) is 11.9. The van der Waals surface area contributed by atoms with Gasteiger partial charge in [-0.25, -0.2) is 0 Å². The quantitative estimate of drug-likeness (QED) is 0.584. The molecule has 3 heteroatoms. The van der Waals surface area contributed by atoms with E-state index in [9.17, 15) is 0 Å². The maximum absolute atomic E-state index is 8.74. The van der Waals surface area contributed by atoms with Crippen molar-refractivity contribution < 1.29 is 9.84 Å². The molecule has 3 atom stereocenters. The zero-order chi connectivity index (χ0) is 21.1. The Bertz CT molecular complexity index is 313. The van der Waals surface area contributed by atoms with E-state index in [1.54, 1.807) is 0 Å². The summed E-state index contributed by atoms with van der Waals surface area (Å²) >= 11 is 0. The Kier molecular flexibility index (Phi) is 23.8. The van der Waals surface area contributed by atoms with Crippen LogP contribution in [-0.4, -0.2) is 25.4 Å². The number of rotatable bonds is 3. The molecule has 0 aromatic carbocycles. The van der Waals surface area contributed by atoms with Gasteiger partial charge in [-0.05, 0) is 42.1 Å². The number of allylic oxidation sites excluding steroid dienone is 1. The van der Waals surface area contributed by atoms with Crippen molar-refractivity contribution in [2.45, 2.75) is 94.9 Å². The summed E-state index contributed by atoms with van der Waals surface area (Å²) in [6, 6.07) is 0. The number of aliphatic hydroxyl groups is 1. The van der Waals surface area contributed by atoms with Crippen LogP contribution in [0.15, 0.2) is 11.5 Å². The van der Waals surface area contributed by atoms with E-state index >= 15 is 0 Å². The normalized spacial score (nSPS) is 23.7. The molecule has 2 rings (SSSR count). The molecular weight excluding hydrogens is 322 g/mol. The van der Waals surface area contributed by atoms with E-state index < -0.39 is 0 Å². The van der Waals surface area contributed by atoms with Crippen molar-refractivity contribution in [2.75, 3.05) is 20.3 Å². The van der Waals surface area contributed by atoms with E-state index in [2.05, 4.69) is 33.0 Å². The molecule has 0 amide bonds. The predicted molar refractivity (Wildman–Crippen MR) is 118 cm³/mol.